The first-order chi connectivity index (χ1) is 21.1. The van der Waals surface area contributed by atoms with Crippen LogP contribution >= 0.6 is 0 Å². The number of hydrogen-bond acceptors (Lipinski definition) is 5. The van der Waals surface area contributed by atoms with Gasteiger partial charge in [0, 0.05) is 12.0 Å². The lowest BCUT2D eigenvalue weighted by atomic mass is 9.87. The van der Waals surface area contributed by atoms with Crippen LogP contribution in [0.4, 0.5) is 13.6 Å². The Morgan fingerprint density at radius 2 is 1.75 bits per heavy atom. The van der Waals surface area contributed by atoms with E-state index in [-0.39, 0.29) is 19.4 Å². The first-order valence-corrected chi connectivity index (χ1v) is 15.1. The molecule has 1 aliphatic rings. The number of rotatable bonds is 9. The topological polar surface area (TPSA) is 74.6 Å². The van der Waals surface area contributed by atoms with E-state index in [1.165, 1.54) is 6.07 Å². The highest BCUT2D eigenvalue weighted by atomic mass is 19.2. The predicted molar refractivity (Wildman–Crippen MR) is 167 cm³/mol. The number of hydrogen-bond donors (Lipinski definition) is 1. The standard InChI is InChI=1S/C35H39F2N3O4/c1-5-28(24-11-15-29(36)30(37)21-24)33(23-9-13-27(14-10-23)42-19-17-38-34(41)44-35(2,3)4)25-12-16-31-26(20-25)22-39-40(31)32-8-6-7-18-43-32/h9-16,20-22,32H,5-8,17-19H2,1-4H3,(H,38,41)/b33-28+. The van der Waals surface area contributed by atoms with Crippen LogP contribution in [0.3, 0.4) is 0 Å². The second kappa shape index (κ2) is 13.6. The molecule has 3 aromatic carbocycles. The molecular formula is C35H39F2N3O4. The van der Waals surface area contributed by atoms with Crippen molar-refractivity contribution in [2.75, 3.05) is 19.8 Å². The fourth-order valence-electron chi connectivity index (χ4n) is 5.43. The minimum atomic E-state index is -0.888. The molecule has 5 rings (SSSR count). The molecule has 1 atom stereocenters. The molecular weight excluding hydrogens is 564 g/mol. The van der Waals surface area contributed by atoms with Gasteiger partial charge in [0.1, 0.15) is 18.0 Å². The van der Waals surface area contributed by atoms with Crippen LogP contribution in [-0.2, 0) is 9.47 Å². The molecule has 0 saturated carbocycles. The lowest BCUT2D eigenvalue weighted by Gasteiger charge is -2.23. The minimum Gasteiger partial charge on any atom is -0.492 e. The van der Waals surface area contributed by atoms with Crippen LogP contribution in [0.5, 0.6) is 5.75 Å². The number of fused-ring (bicyclic) bond motifs is 1. The third-order valence-electron chi connectivity index (χ3n) is 7.42. The molecule has 0 radical (unpaired) electrons. The van der Waals surface area contributed by atoms with E-state index >= 15 is 0 Å². The second-order valence-electron chi connectivity index (χ2n) is 11.8. The molecule has 1 fully saturated rings. The van der Waals surface area contributed by atoms with Gasteiger partial charge in [-0.1, -0.05) is 31.2 Å². The molecule has 1 unspecified atom stereocenters. The Bertz CT molecular complexity index is 1630. The molecule has 1 saturated heterocycles. The van der Waals surface area contributed by atoms with E-state index in [2.05, 4.69) is 16.5 Å². The molecule has 2 heterocycles. The van der Waals surface area contributed by atoms with E-state index in [0.29, 0.717) is 17.7 Å². The summed E-state index contributed by atoms with van der Waals surface area (Å²) in [7, 11) is 0. The highest BCUT2D eigenvalue weighted by Crippen LogP contribution is 2.37. The van der Waals surface area contributed by atoms with Gasteiger partial charge in [-0.05, 0) is 111 Å². The van der Waals surface area contributed by atoms with Crippen molar-refractivity contribution in [3.63, 3.8) is 0 Å². The van der Waals surface area contributed by atoms with E-state index in [0.717, 1.165) is 65.1 Å². The van der Waals surface area contributed by atoms with Crippen LogP contribution in [-0.4, -0.2) is 41.2 Å². The number of allylic oxidation sites excluding steroid dienone is 1. The SMILES string of the molecule is CC/C(=C(/c1ccc(OCCNC(=O)OC(C)(C)C)cc1)c1ccc2c(cnn2C2CCCCO2)c1)c1ccc(F)c(F)c1. The zero-order chi connectivity index (χ0) is 31.3. The average molecular weight is 604 g/mol. The molecule has 44 heavy (non-hydrogen) atoms. The molecule has 1 N–H and O–H groups in total. The van der Waals surface area contributed by atoms with Gasteiger partial charge in [-0.3, -0.25) is 0 Å². The number of carbonyl (C=O) groups is 1. The number of ether oxygens (including phenoxy) is 3. The molecule has 1 aromatic heterocycles. The van der Waals surface area contributed by atoms with Gasteiger partial charge in [-0.2, -0.15) is 5.10 Å². The van der Waals surface area contributed by atoms with Crippen molar-refractivity contribution >= 4 is 28.1 Å². The summed E-state index contributed by atoms with van der Waals surface area (Å²) in [6, 6.07) is 17.8. The predicted octanol–water partition coefficient (Wildman–Crippen LogP) is 8.29. The van der Waals surface area contributed by atoms with Crippen LogP contribution in [0, 0.1) is 11.6 Å². The Kier molecular flexibility index (Phi) is 9.64. The molecule has 232 valence electrons. The Morgan fingerprint density at radius 1 is 1.00 bits per heavy atom. The number of carbonyl (C=O) groups excluding carboxylic acids is 1. The summed E-state index contributed by atoms with van der Waals surface area (Å²) in [5.41, 5.74) is 4.63. The van der Waals surface area contributed by atoms with Crippen molar-refractivity contribution < 1.29 is 27.8 Å². The Hall–Kier alpha value is -4.24. The summed E-state index contributed by atoms with van der Waals surface area (Å²) in [5, 5.41) is 8.29. The summed E-state index contributed by atoms with van der Waals surface area (Å²) in [5.74, 6) is -1.14. The van der Waals surface area contributed by atoms with E-state index in [9.17, 15) is 13.6 Å². The van der Waals surface area contributed by atoms with E-state index in [1.807, 2.05) is 54.2 Å². The average Bonchev–Trinajstić information content (AvgIpc) is 3.43. The van der Waals surface area contributed by atoms with Crippen LogP contribution in [0.15, 0.2) is 66.9 Å². The molecule has 7 nitrogen and oxygen atoms in total. The summed E-state index contributed by atoms with van der Waals surface area (Å²) in [4.78, 5) is 11.9. The summed E-state index contributed by atoms with van der Waals surface area (Å²) >= 11 is 0. The largest absolute Gasteiger partial charge is 0.492 e. The number of nitrogens with zero attached hydrogens (tertiary/aromatic N) is 2. The summed E-state index contributed by atoms with van der Waals surface area (Å²) in [6.45, 7) is 8.71. The van der Waals surface area contributed by atoms with Crippen molar-refractivity contribution in [2.45, 2.75) is 65.2 Å². The van der Waals surface area contributed by atoms with Gasteiger partial charge in [0.2, 0.25) is 0 Å². The molecule has 0 aliphatic carbocycles. The maximum absolute atomic E-state index is 14.4. The minimum absolute atomic E-state index is 0.0811. The normalized spacial score (nSPS) is 16.0. The van der Waals surface area contributed by atoms with E-state index in [4.69, 9.17) is 14.2 Å². The molecule has 0 bridgehead atoms. The number of nitrogens with one attached hydrogen (secondary N) is 1. The fraction of sp³-hybridized carbons (Fsp3) is 0.371. The van der Waals surface area contributed by atoms with Gasteiger partial charge in [-0.15, -0.1) is 0 Å². The summed E-state index contributed by atoms with van der Waals surface area (Å²) < 4.78 is 47.3. The van der Waals surface area contributed by atoms with Crippen LogP contribution < -0.4 is 10.1 Å². The van der Waals surface area contributed by atoms with Gasteiger partial charge in [0.05, 0.1) is 18.3 Å². The number of halogens is 2. The van der Waals surface area contributed by atoms with Crippen molar-refractivity contribution in [1.29, 1.82) is 0 Å². The van der Waals surface area contributed by atoms with Crippen molar-refractivity contribution in [3.05, 3.63) is 95.2 Å². The summed E-state index contributed by atoms with van der Waals surface area (Å²) in [6.07, 6.45) is 4.94. The Balaban J connectivity index is 1.45. The number of alkyl carbamates (subject to hydrolysis) is 1. The number of benzene rings is 3. The molecule has 4 aromatic rings. The van der Waals surface area contributed by atoms with Gasteiger partial charge in [0.15, 0.2) is 17.9 Å². The smallest absolute Gasteiger partial charge is 0.407 e. The van der Waals surface area contributed by atoms with E-state index < -0.39 is 23.3 Å². The number of aromatic nitrogens is 2. The highest BCUT2D eigenvalue weighted by molar-refractivity contribution is 6.00. The molecule has 1 aliphatic heterocycles. The van der Waals surface area contributed by atoms with Gasteiger partial charge >= 0.3 is 6.09 Å². The third-order valence-corrected chi connectivity index (χ3v) is 7.42. The van der Waals surface area contributed by atoms with Crippen molar-refractivity contribution in [2.24, 2.45) is 0 Å². The van der Waals surface area contributed by atoms with Crippen molar-refractivity contribution in [3.8, 4) is 5.75 Å². The highest BCUT2D eigenvalue weighted by Gasteiger charge is 2.21. The first-order valence-electron chi connectivity index (χ1n) is 15.1. The van der Waals surface area contributed by atoms with Crippen molar-refractivity contribution in [1.82, 2.24) is 15.1 Å². The van der Waals surface area contributed by atoms with Crippen LogP contribution in [0.25, 0.3) is 22.0 Å². The Labute approximate surface area is 256 Å². The van der Waals surface area contributed by atoms with Gasteiger partial charge < -0.3 is 19.5 Å². The van der Waals surface area contributed by atoms with E-state index in [1.54, 1.807) is 26.8 Å². The Morgan fingerprint density at radius 3 is 2.43 bits per heavy atom. The third kappa shape index (κ3) is 7.45. The maximum atomic E-state index is 14.4. The van der Waals surface area contributed by atoms with Crippen LogP contribution in [0.2, 0.25) is 0 Å². The fourth-order valence-corrected chi connectivity index (χ4v) is 5.43. The molecule has 0 spiro atoms. The second-order valence-corrected chi connectivity index (χ2v) is 11.8. The maximum Gasteiger partial charge on any atom is 0.407 e. The lowest BCUT2D eigenvalue weighted by molar-refractivity contribution is -0.0366. The van der Waals surface area contributed by atoms with Gasteiger partial charge in [0.25, 0.3) is 0 Å². The lowest BCUT2D eigenvalue weighted by Crippen LogP contribution is -2.34. The molecule has 9 heteroatoms. The zero-order valence-electron chi connectivity index (χ0n) is 25.7. The quantitative estimate of drug-likeness (QED) is 0.154. The molecule has 1 amide bonds. The first kappa shape index (κ1) is 31.2. The number of amides is 1. The van der Waals surface area contributed by atoms with Gasteiger partial charge in [-0.25, -0.2) is 18.3 Å². The zero-order valence-corrected chi connectivity index (χ0v) is 25.7. The van der Waals surface area contributed by atoms with Crippen LogP contribution in [0.1, 0.15) is 76.3 Å². The monoisotopic (exact) mass is 603 g/mol.